The van der Waals surface area contributed by atoms with Crippen molar-refractivity contribution in [3.05, 3.63) is 5.21 Å². The monoisotopic (exact) mass is 115 g/mol. The normalized spacial score (nSPS) is 26.2. The van der Waals surface area contributed by atoms with Gasteiger partial charge in [-0.3, -0.25) is 0 Å². The van der Waals surface area contributed by atoms with E-state index in [1.54, 1.807) is 0 Å². The van der Waals surface area contributed by atoms with Gasteiger partial charge in [-0.05, 0) is 20.1 Å². The summed E-state index contributed by atoms with van der Waals surface area (Å²) in [5, 5.41) is 11.6. The summed E-state index contributed by atoms with van der Waals surface area (Å²) in [6.45, 7) is 3.19. The molecule has 0 spiro atoms. The van der Waals surface area contributed by atoms with Crippen molar-refractivity contribution in [2.24, 2.45) is 0 Å². The van der Waals surface area contributed by atoms with E-state index in [1.807, 2.05) is 7.05 Å². The first-order valence-electron chi connectivity index (χ1n) is 2.89. The average Bonchev–Trinajstić information content (AvgIpc) is 1.77. The highest BCUT2D eigenvalue weighted by molar-refractivity contribution is 4.68. The van der Waals surface area contributed by atoms with Crippen molar-refractivity contribution >= 4 is 0 Å². The molecule has 1 fully saturated rings. The lowest BCUT2D eigenvalue weighted by Crippen LogP contribution is -2.41. The molecule has 1 aliphatic heterocycles. The Bertz CT molecular complexity index is 58.8. The summed E-state index contributed by atoms with van der Waals surface area (Å²) >= 11 is 0. The fraction of sp³-hybridized carbons (Fsp3) is 1.00. The second-order valence-corrected chi connectivity index (χ2v) is 2.23. The van der Waals surface area contributed by atoms with Gasteiger partial charge in [0, 0.05) is 13.1 Å². The van der Waals surface area contributed by atoms with Crippen LogP contribution in [-0.2, 0) is 0 Å². The second-order valence-electron chi connectivity index (χ2n) is 2.23. The number of rotatable bonds is 0. The maximum absolute atomic E-state index is 10.5. The molecule has 8 heavy (non-hydrogen) atoms. The maximum atomic E-state index is 10.5. The molecule has 0 unspecified atom stereocenters. The molecule has 0 aromatic rings. The number of nitrogens with zero attached hydrogens (tertiary/aromatic N) is 2. The molecule has 0 aliphatic carbocycles. The topological polar surface area (TPSA) is 29.5 Å². The third-order valence-electron chi connectivity index (χ3n) is 1.46. The Hall–Kier alpha value is -0.120. The van der Waals surface area contributed by atoms with E-state index in [0.717, 1.165) is 18.2 Å². The average molecular weight is 115 g/mol. The van der Waals surface area contributed by atoms with E-state index >= 15 is 0 Å². The van der Waals surface area contributed by atoms with Crippen molar-refractivity contribution in [3.63, 3.8) is 0 Å². The van der Waals surface area contributed by atoms with E-state index in [1.165, 1.54) is 0 Å². The van der Waals surface area contributed by atoms with Crippen LogP contribution in [0, 0.1) is 5.21 Å². The predicted molar refractivity (Wildman–Crippen MR) is 32.4 cm³/mol. The molecule has 0 aromatic carbocycles. The minimum atomic E-state index is 0.677. The van der Waals surface area contributed by atoms with Crippen molar-refractivity contribution in [1.29, 1.82) is 0 Å². The van der Waals surface area contributed by atoms with Crippen LogP contribution in [0.2, 0.25) is 0 Å². The largest absolute Gasteiger partial charge is 0.785 e. The van der Waals surface area contributed by atoms with Crippen molar-refractivity contribution in [3.8, 4) is 0 Å². The van der Waals surface area contributed by atoms with Crippen molar-refractivity contribution in [2.45, 2.75) is 0 Å². The highest BCUT2D eigenvalue weighted by Gasteiger charge is 2.04. The van der Waals surface area contributed by atoms with Gasteiger partial charge in [0.25, 0.3) is 0 Å². The van der Waals surface area contributed by atoms with Crippen LogP contribution >= 0.6 is 0 Å². The molecule has 3 nitrogen and oxygen atoms in total. The number of piperazine rings is 1. The zero-order valence-corrected chi connectivity index (χ0v) is 5.13. The Balaban J connectivity index is 2.19. The predicted octanol–water partition coefficient (Wildman–Crippen LogP) is -0.268. The van der Waals surface area contributed by atoms with Gasteiger partial charge in [0.1, 0.15) is 0 Å². The lowest BCUT2D eigenvalue weighted by atomic mass is 10.4. The summed E-state index contributed by atoms with van der Waals surface area (Å²) in [6.07, 6.45) is 0. The Kier molecular flexibility index (Phi) is 1.83. The van der Waals surface area contributed by atoms with E-state index < -0.39 is 0 Å². The van der Waals surface area contributed by atoms with E-state index in [-0.39, 0.29) is 0 Å². The molecule has 1 rings (SSSR count). The van der Waals surface area contributed by atoms with Crippen LogP contribution in [0.25, 0.3) is 0 Å². The lowest BCUT2D eigenvalue weighted by Gasteiger charge is -2.36. The van der Waals surface area contributed by atoms with E-state index in [4.69, 9.17) is 0 Å². The van der Waals surface area contributed by atoms with Gasteiger partial charge < -0.3 is 15.2 Å². The molecular formula is C5H11N2O-. The van der Waals surface area contributed by atoms with Crippen LogP contribution in [0.3, 0.4) is 0 Å². The SMILES string of the molecule is CN1CCN([O-])CC1. The molecule has 1 heterocycles. The zero-order valence-electron chi connectivity index (χ0n) is 5.13. The molecule has 48 valence electrons. The highest BCUT2D eigenvalue weighted by atomic mass is 16.5. The number of hydrogen-bond acceptors (Lipinski definition) is 3. The Morgan fingerprint density at radius 3 is 2.00 bits per heavy atom. The van der Waals surface area contributed by atoms with Crippen molar-refractivity contribution in [2.75, 3.05) is 33.2 Å². The second kappa shape index (κ2) is 2.44. The lowest BCUT2D eigenvalue weighted by molar-refractivity contribution is 0.199. The van der Waals surface area contributed by atoms with E-state index in [0.29, 0.717) is 13.1 Å². The Morgan fingerprint density at radius 2 is 1.62 bits per heavy atom. The molecule has 1 aliphatic rings. The first kappa shape index (κ1) is 6.01. The van der Waals surface area contributed by atoms with Gasteiger partial charge in [0.05, 0.1) is 0 Å². The third-order valence-corrected chi connectivity index (χ3v) is 1.46. The van der Waals surface area contributed by atoms with Crippen LogP contribution in [0.15, 0.2) is 0 Å². The molecule has 1 saturated heterocycles. The first-order valence-corrected chi connectivity index (χ1v) is 2.89. The summed E-state index contributed by atoms with van der Waals surface area (Å²) < 4.78 is 0. The minimum Gasteiger partial charge on any atom is -0.785 e. The standard InChI is InChI=1S/C5H11N2O/c1-6-2-4-7(8)5-3-6/h2-5H2,1H3/q-1. The minimum absolute atomic E-state index is 0.677. The number of hydroxylamine groups is 2. The summed E-state index contributed by atoms with van der Waals surface area (Å²) in [6, 6.07) is 0. The van der Waals surface area contributed by atoms with Crippen LogP contribution < -0.4 is 0 Å². The molecule has 0 saturated carbocycles. The quantitative estimate of drug-likeness (QED) is 0.435. The first-order chi connectivity index (χ1) is 3.79. The highest BCUT2D eigenvalue weighted by Crippen LogP contribution is 1.94. The van der Waals surface area contributed by atoms with Crippen LogP contribution in [0.4, 0.5) is 0 Å². The molecular weight excluding hydrogens is 104 g/mol. The number of likely N-dealkylation sites (N-methyl/N-ethyl adjacent to an activating group) is 1. The summed E-state index contributed by atoms with van der Waals surface area (Å²) in [7, 11) is 2.03. The molecule has 0 bridgehead atoms. The van der Waals surface area contributed by atoms with Gasteiger partial charge >= 0.3 is 0 Å². The molecule has 0 amide bonds. The molecule has 0 N–H and O–H groups in total. The van der Waals surface area contributed by atoms with Crippen LogP contribution in [0.5, 0.6) is 0 Å². The smallest absolute Gasteiger partial charge is 0.00975 e. The van der Waals surface area contributed by atoms with Crippen molar-refractivity contribution < 1.29 is 0 Å². The summed E-state index contributed by atoms with van der Waals surface area (Å²) in [5.41, 5.74) is 0. The van der Waals surface area contributed by atoms with E-state index in [2.05, 4.69) is 4.90 Å². The third kappa shape index (κ3) is 1.43. The van der Waals surface area contributed by atoms with Crippen LogP contribution in [0.1, 0.15) is 0 Å². The molecule has 3 heteroatoms. The van der Waals surface area contributed by atoms with Gasteiger partial charge in [-0.15, -0.1) is 0 Å². The van der Waals surface area contributed by atoms with Gasteiger partial charge in [-0.2, -0.15) is 0 Å². The summed E-state index contributed by atoms with van der Waals surface area (Å²) in [5.74, 6) is 0. The zero-order chi connectivity index (χ0) is 5.98. The van der Waals surface area contributed by atoms with E-state index in [9.17, 15) is 5.21 Å². The van der Waals surface area contributed by atoms with Gasteiger partial charge in [0.2, 0.25) is 0 Å². The van der Waals surface area contributed by atoms with Crippen molar-refractivity contribution in [1.82, 2.24) is 9.96 Å². The Labute approximate surface area is 49.5 Å². The molecule has 0 atom stereocenters. The van der Waals surface area contributed by atoms with Gasteiger partial charge in [-0.25, -0.2) is 0 Å². The number of hydrogen-bond donors (Lipinski definition) is 0. The maximum Gasteiger partial charge on any atom is 0.00975 e. The molecule has 0 radical (unpaired) electrons. The summed E-state index contributed by atoms with van der Waals surface area (Å²) in [4.78, 5) is 2.16. The molecule has 0 aromatic heterocycles. The fourth-order valence-electron chi connectivity index (χ4n) is 0.788. The van der Waals surface area contributed by atoms with Gasteiger partial charge in [-0.1, -0.05) is 0 Å². The van der Waals surface area contributed by atoms with Gasteiger partial charge in [0.15, 0.2) is 0 Å². The van der Waals surface area contributed by atoms with Crippen LogP contribution in [-0.4, -0.2) is 43.2 Å². The Morgan fingerprint density at radius 1 is 1.12 bits per heavy atom. The fourth-order valence-corrected chi connectivity index (χ4v) is 0.788.